The predicted octanol–water partition coefficient (Wildman–Crippen LogP) is 2.72. The third-order valence-corrected chi connectivity index (χ3v) is 3.67. The van der Waals surface area contributed by atoms with Gasteiger partial charge in [0.2, 0.25) is 0 Å². The van der Waals surface area contributed by atoms with Crippen LogP contribution in [0.3, 0.4) is 0 Å². The Hall–Kier alpha value is -0.850. The van der Waals surface area contributed by atoms with Gasteiger partial charge in [-0.2, -0.15) is 0 Å². The maximum absolute atomic E-state index is 13.0. The fourth-order valence-corrected chi connectivity index (χ4v) is 2.23. The fourth-order valence-electron chi connectivity index (χ4n) is 1.33. The SMILES string of the molecule is OC(Cc1cc(F)ccc1Br)c1cnns1. The van der Waals surface area contributed by atoms with E-state index < -0.39 is 6.10 Å². The minimum atomic E-state index is -0.696. The summed E-state index contributed by atoms with van der Waals surface area (Å²) < 4.78 is 17.5. The van der Waals surface area contributed by atoms with Crippen LogP contribution in [0.1, 0.15) is 16.5 Å². The molecule has 3 nitrogen and oxygen atoms in total. The second-order valence-electron chi connectivity index (χ2n) is 3.28. The first-order valence-corrected chi connectivity index (χ1v) is 6.12. The zero-order valence-corrected chi connectivity index (χ0v) is 10.5. The number of hydrogen-bond acceptors (Lipinski definition) is 4. The van der Waals surface area contributed by atoms with Gasteiger partial charge < -0.3 is 5.11 Å². The highest BCUT2D eigenvalue weighted by Gasteiger charge is 2.13. The number of halogens is 2. The molecule has 0 spiro atoms. The quantitative estimate of drug-likeness (QED) is 0.948. The summed E-state index contributed by atoms with van der Waals surface area (Å²) in [6.45, 7) is 0. The van der Waals surface area contributed by atoms with Gasteiger partial charge in [0.1, 0.15) is 5.82 Å². The highest BCUT2D eigenvalue weighted by molar-refractivity contribution is 9.10. The summed E-state index contributed by atoms with van der Waals surface area (Å²) in [6, 6.07) is 4.40. The molecule has 84 valence electrons. The Morgan fingerprint density at radius 3 is 3.00 bits per heavy atom. The first-order valence-electron chi connectivity index (χ1n) is 4.56. The van der Waals surface area contributed by atoms with Gasteiger partial charge in [0.05, 0.1) is 17.2 Å². The Morgan fingerprint density at radius 2 is 2.31 bits per heavy atom. The number of aromatic nitrogens is 2. The van der Waals surface area contributed by atoms with Crippen molar-refractivity contribution in [2.75, 3.05) is 0 Å². The molecular weight excluding hydrogens is 295 g/mol. The summed E-state index contributed by atoms with van der Waals surface area (Å²) in [5.41, 5.74) is 0.723. The van der Waals surface area contributed by atoms with Crippen molar-refractivity contribution in [3.63, 3.8) is 0 Å². The lowest BCUT2D eigenvalue weighted by atomic mass is 10.1. The van der Waals surface area contributed by atoms with Crippen molar-refractivity contribution in [2.24, 2.45) is 0 Å². The van der Waals surface area contributed by atoms with E-state index in [1.165, 1.54) is 18.3 Å². The number of aliphatic hydroxyl groups is 1. The first-order chi connectivity index (χ1) is 7.66. The molecule has 1 atom stereocenters. The van der Waals surface area contributed by atoms with Crippen molar-refractivity contribution in [3.8, 4) is 0 Å². The van der Waals surface area contributed by atoms with Crippen LogP contribution in [-0.2, 0) is 6.42 Å². The van der Waals surface area contributed by atoms with Gasteiger partial charge in [-0.05, 0) is 35.3 Å². The molecule has 0 aliphatic heterocycles. The molecule has 1 N–H and O–H groups in total. The molecule has 6 heteroatoms. The van der Waals surface area contributed by atoms with Crippen molar-refractivity contribution < 1.29 is 9.50 Å². The van der Waals surface area contributed by atoms with Gasteiger partial charge in [-0.1, -0.05) is 20.4 Å². The molecule has 0 amide bonds. The number of benzene rings is 1. The van der Waals surface area contributed by atoms with Gasteiger partial charge in [0.15, 0.2) is 0 Å². The lowest BCUT2D eigenvalue weighted by molar-refractivity contribution is 0.182. The Kier molecular flexibility index (Phi) is 3.63. The fraction of sp³-hybridized carbons (Fsp3) is 0.200. The maximum atomic E-state index is 13.0. The van der Waals surface area contributed by atoms with Crippen molar-refractivity contribution in [2.45, 2.75) is 12.5 Å². The lowest BCUT2D eigenvalue weighted by Crippen LogP contribution is -2.00. The number of hydrogen-bond donors (Lipinski definition) is 1. The summed E-state index contributed by atoms with van der Waals surface area (Å²) in [5, 5.41) is 13.5. The molecule has 0 saturated heterocycles. The normalized spacial score (nSPS) is 12.7. The average molecular weight is 303 g/mol. The van der Waals surface area contributed by atoms with Gasteiger partial charge >= 0.3 is 0 Å². The van der Waals surface area contributed by atoms with Crippen molar-refractivity contribution in [3.05, 3.63) is 45.1 Å². The highest BCUT2D eigenvalue weighted by Crippen LogP contribution is 2.25. The van der Waals surface area contributed by atoms with E-state index in [4.69, 9.17) is 0 Å². The zero-order valence-electron chi connectivity index (χ0n) is 8.10. The molecule has 2 rings (SSSR count). The topological polar surface area (TPSA) is 46.0 Å². The smallest absolute Gasteiger partial charge is 0.123 e. The summed E-state index contributed by atoms with van der Waals surface area (Å²) in [5.74, 6) is -0.312. The van der Waals surface area contributed by atoms with Crippen LogP contribution in [0.4, 0.5) is 4.39 Å². The van der Waals surface area contributed by atoms with E-state index in [0.717, 1.165) is 21.6 Å². The number of nitrogens with zero attached hydrogens (tertiary/aromatic N) is 2. The summed E-state index contributed by atoms with van der Waals surface area (Å²) in [4.78, 5) is 0.677. The Morgan fingerprint density at radius 1 is 1.50 bits per heavy atom. The van der Waals surface area contributed by atoms with E-state index in [9.17, 15) is 9.50 Å². The zero-order chi connectivity index (χ0) is 11.5. The van der Waals surface area contributed by atoms with Gasteiger partial charge in [0.25, 0.3) is 0 Å². The van der Waals surface area contributed by atoms with E-state index in [2.05, 4.69) is 25.5 Å². The Bertz CT molecular complexity index is 478. The van der Waals surface area contributed by atoms with Crippen LogP contribution in [0.2, 0.25) is 0 Å². The van der Waals surface area contributed by atoms with Crippen molar-refractivity contribution in [1.29, 1.82) is 0 Å². The Labute approximate surface area is 104 Å². The van der Waals surface area contributed by atoms with Crippen LogP contribution < -0.4 is 0 Å². The van der Waals surface area contributed by atoms with Crippen LogP contribution in [0.25, 0.3) is 0 Å². The molecule has 1 aromatic carbocycles. The molecule has 0 aliphatic carbocycles. The maximum Gasteiger partial charge on any atom is 0.123 e. The number of rotatable bonds is 3. The van der Waals surface area contributed by atoms with Gasteiger partial charge in [-0.25, -0.2) is 4.39 Å². The molecule has 0 bridgehead atoms. The van der Waals surface area contributed by atoms with Gasteiger partial charge in [-0.3, -0.25) is 0 Å². The largest absolute Gasteiger partial charge is 0.387 e. The number of aliphatic hydroxyl groups excluding tert-OH is 1. The van der Waals surface area contributed by atoms with E-state index in [1.807, 2.05) is 0 Å². The molecule has 16 heavy (non-hydrogen) atoms. The molecule has 0 saturated carbocycles. The van der Waals surface area contributed by atoms with Crippen LogP contribution in [0, 0.1) is 5.82 Å². The van der Waals surface area contributed by atoms with Crippen LogP contribution in [-0.4, -0.2) is 14.7 Å². The predicted molar refractivity (Wildman–Crippen MR) is 62.7 cm³/mol. The average Bonchev–Trinajstić information content (AvgIpc) is 2.76. The monoisotopic (exact) mass is 302 g/mol. The van der Waals surface area contributed by atoms with E-state index in [0.29, 0.717) is 11.3 Å². The standard InChI is InChI=1S/C10H8BrFN2OS/c11-8-2-1-7(12)3-6(8)4-9(15)10-5-13-14-16-10/h1-3,5,9,15H,4H2. The molecule has 0 radical (unpaired) electrons. The van der Waals surface area contributed by atoms with E-state index in [-0.39, 0.29) is 5.82 Å². The summed E-state index contributed by atoms with van der Waals surface area (Å²) >= 11 is 4.46. The van der Waals surface area contributed by atoms with E-state index >= 15 is 0 Å². The van der Waals surface area contributed by atoms with Crippen LogP contribution >= 0.6 is 27.5 Å². The molecule has 2 aromatic rings. The first kappa shape index (κ1) is 11.6. The lowest BCUT2D eigenvalue weighted by Gasteiger charge is -2.09. The second kappa shape index (κ2) is 4.99. The summed E-state index contributed by atoms with van der Waals surface area (Å²) in [6.07, 6.45) is 1.16. The second-order valence-corrected chi connectivity index (χ2v) is 4.95. The minimum absolute atomic E-state index is 0.312. The van der Waals surface area contributed by atoms with Crippen molar-refractivity contribution in [1.82, 2.24) is 9.59 Å². The van der Waals surface area contributed by atoms with Gasteiger partial charge in [0, 0.05) is 10.9 Å². The van der Waals surface area contributed by atoms with Crippen molar-refractivity contribution >= 4 is 27.5 Å². The third-order valence-electron chi connectivity index (χ3n) is 2.13. The molecule has 1 unspecified atom stereocenters. The molecule has 1 aromatic heterocycles. The van der Waals surface area contributed by atoms with E-state index in [1.54, 1.807) is 6.07 Å². The highest BCUT2D eigenvalue weighted by atomic mass is 79.9. The summed E-state index contributed by atoms with van der Waals surface area (Å²) in [7, 11) is 0. The molecule has 1 heterocycles. The molecular formula is C10H8BrFN2OS. The van der Waals surface area contributed by atoms with Crippen LogP contribution in [0.5, 0.6) is 0 Å². The minimum Gasteiger partial charge on any atom is -0.387 e. The van der Waals surface area contributed by atoms with Crippen LogP contribution in [0.15, 0.2) is 28.9 Å². The molecule has 0 aliphatic rings. The third kappa shape index (κ3) is 2.63. The van der Waals surface area contributed by atoms with Gasteiger partial charge in [-0.15, -0.1) is 5.10 Å². The Balaban J connectivity index is 2.17. The molecule has 0 fully saturated rings.